The third kappa shape index (κ3) is 4.58. The molecule has 1 N–H and O–H groups in total. The average Bonchev–Trinajstić information content (AvgIpc) is 3.25. The monoisotopic (exact) mass is 438 g/mol. The molecule has 1 aliphatic heterocycles. The zero-order chi connectivity index (χ0) is 20.1. The summed E-state index contributed by atoms with van der Waals surface area (Å²) in [4.78, 5) is 11.1. The van der Waals surface area contributed by atoms with E-state index < -0.39 is 0 Å². The van der Waals surface area contributed by atoms with E-state index in [1.807, 2.05) is 50.6 Å². The molecule has 5 rings (SSSR count). The van der Waals surface area contributed by atoms with Crippen molar-refractivity contribution in [1.29, 1.82) is 0 Å². The second kappa shape index (κ2) is 10.4. The van der Waals surface area contributed by atoms with Crippen LogP contribution in [0.1, 0.15) is 39.6 Å². The predicted octanol–water partition coefficient (Wildman–Crippen LogP) is 5.67. The van der Waals surface area contributed by atoms with E-state index in [-0.39, 0.29) is 20.0 Å². The molecule has 0 spiro atoms. The Morgan fingerprint density at radius 3 is 2.47 bits per heavy atom. The average molecular weight is 438 g/mol. The molecule has 1 aliphatic rings. The van der Waals surface area contributed by atoms with Crippen LogP contribution in [0.5, 0.6) is 0 Å². The van der Waals surface area contributed by atoms with Crippen molar-refractivity contribution < 1.29 is 20.0 Å². The fraction of sp³-hybridized carbons (Fsp3) is 0.292. The number of piperidine rings is 1. The van der Waals surface area contributed by atoms with Crippen LogP contribution in [-0.4, -0.2) is 33.3 Å². The quantitative estimate of drug-likeness (QED) is 0.448. The number of H-pyrrole nitrogens is 1. The van der Waals surface area contributed by atoms with Crippen molar-refractivity contribution in [2.45, 2.75) is 32.6 Å². The van der Waals surface area contributed by atoms with Gasteiger partial charge in [-0.05, 0) is 54.7 Å². The minimum Gasteiger partial charge on any atom is -0.357 e. The van der Waals surface area contributed by atoms with Crippen molar-refractivity contribution in [3.05, 3.63) is 72.7 Å². The zero-order valence-corrected chi connectivity index (χ0v) is 18.9. The van der Waals surface area contributed by atoms with Crippen LogP contribution in [0.3, 0.4) is 0 Å². The largest absolute Gasteiger partial charge is 0.357 e. The van der Waals surface area contributed by atoms with E-state index >= 15 is 0 Å². The maximum Gasteiger partial charge on any atom is 0.129 e. The fourth-order valence-corrected chi connectivity index (χ4v) is 4.00. The first-order chi connectivity index (χ1) is 14.4. The van der Waals surface area contributed by atoms with Gasteiger partial charge in [-0.2, -0.15) is 5.10 Å². The summed E-state index contributed by atoms with van der Waals surface area (Å²) in [5.41, 5.74) is 4.55. The Labute approximate surface area is 191 Å². The Morgan fingerprint density at radius 1 is 0.967 bits per heavy atom. The van der Waals surface area contributed by atoms with Gasteiger partial charge in [0.1, 0.15) is 11.5 Å². The number of hydrogen-bond donors (Lipinski definition) is 1. The first-order valence-corrected chi connectivity index (χ1v) is 10.4. The zero-order valence-electron chi connectivity index (χ0n) is 17.5. The minimum absolute atomic E-state index is 0. The normalized spacial score (nSPS) is 14.0. The Hall–Kier alpha value is -2.63. The predicted molar refractivity (Wildman–Crippen MR) is 121 cm³/mol. The molecule has 1 fully saturated rings. The number of nitrogens with one attached hydrogen (secondary N) is 1. The van der Waals surface area contributed by atoms with E-state index in [0.717, 1.165) is 53.9 Å². The van der Waals surface area contributed by atoms with Gasteiger partial charge in [-0.25, -0.2) is 4.98 Å². The minimum atomic E-state index is 0. The molecule has 4 heterocycles. The van der Waals surface area contributed by atoms with Gasteiger partial charge in [-0.15, -0.1) is 0 Å². The van der Waals surface area contributed by atoms with Crippen LogP contribution in [0.2, 0.25) is 0 Å². The van der Waals surface area contributed by atoms with Gasteiger partial charge in [0.05, 0.1) is 5.52 Å². The van der Waals surface area contributed by atoms with Gasteiger partial charge in [0.25, 0.3) is 0 Å². The molecule has 1 aromatic carbocycles. The molecule has 0 unspecified atom stereocenters. The molecule has 0 aliphatic carbocycles. The first kappa shape index (κ1) is 22.1. The molecule has 0 saturated carbocycles. The number of pyridine rings is 2. The topological polar surface area (TPSA) is 57.7 Å². The van der Waals surface area contributed by atoms with Crippen molar-refractivity contribution in [3.63, 3.8) is 0 Å². The SMILES string of the molecule is CC.[HH].[V].c1ccc2c(-c3ccnc(N4CCC(c5ccncc5)CC4)c3)n[nH]c2c1. The van der Waals surface area contributed by atoms with Crippen LogP contribution in [0.15, 0.2) is 67.1 Å². The molecule has 30 heavy (non-hydrogen) atoms. The fourth-order valence-electron chi connectivity index (χ4n) is 4.00. The third-order valence-electron chi connectivity index (χ3n) is 5.49. The van der Waals surface area contributed by atoms with E-state index in [1.165, 1.54) is 5.56 Å². The number of nitrogens with zero attached hydrogens (tertiary/aromatic N) is 4. The number of aromatic amines is 1. The molecule has 0 atom stereocenters. The van der Waals surface area contributed by atoms with Crippen LogP contribution in [0.25, 0.3) is 22.2 Å². The third-order valence-corrected chi connectivity index (χ3v) is 5.49. The molecule has 0 bridgehead atoms. The van der Waals surface area contributed by atoms with E-state index in [9.17, 15) is 0 Å². The van der Waals surface area contributed by atoms with E-state index in [2.05, 4.69) is 55.4 Å². The van der Waals surface area contributed by atoms with Crippen molar-refractivity contribution in [3.8, 4) is 11.3 Å². The summed E-state index contributed by atoms with van der Waals surface area (Å²) >= 11 is 0. The number of rotatable bonds is 3. The summed E-state index contributed by atoms with van der Waals surface area (Å²) in [7, 11) is 0. The van der Waals surface area contributed by atoms with Gasteiger partial charge in [0, 0.05) is 62.6 Å². The maximum absolute atomic E-state index is 4.63. The van der Waals surface area contributed by atoms with Crippen LogP contribution in [-0.2, 0) is 18.6 Å². The number of fused-ring (bicyclic) bond motifs is 1. The standard InChI is InChI=1S/C22H21N5.C2H6.V.H2/c1-2-4-20-19(3-1)22(26-25-20)18-7-12-24-21(15-18)27-13-8-17(9-14-27)16-5-10-23-11-6-16;1-2;;/h1-7,10-12,15,17H,8-9,13-14H2,(H,25,26);1-2H3;;1H. The Bertz CT molecular complexity index is 1060. The Kier molecular flexibility index (Phi) is 7.66. The molecule has 155 valence electrons. The summed E-state index contributed by atoms with van der Waals surface area (Å²) in [6.45, 7) is 6.04. The molecule has 6 heteroatoms. The van der Waals surface area contributed by atoms with Crippen molar-refractivity contribution in [2.75, 3.05) is 18.0 Å². The van der Waals surface area contributed by atoms with Crippen molar-refractivity contribution >= 4 is 16.7 Å². The molecule has 3 aromatic heterocycles. The summed E-state index contributed by atoms with van der Waals surface area (Å²) in [5.74, 6) is 1.65. The molecule has 5 nitrogen and oxygen atoms in total. The number of hydrogen-bond acceptors (Lipinski definition) is 4. The summed E-state index contributed by atoms with van der Waals surface area (Å²) < 4.78 is 0. The van der Waals surface area contributed by atoms with Crippen molar-refractivity contribution in [2.24, 2.45) is 0 Å². The molecular formula is C24H29N5V. The molecule has 4 aromatic rings. The second-order valence-corrected chi connectivity index (χ2v) is 7.06. The summed E-state index contributed by atoms with van der Waals surface area (Å²) in [5, 5.41) is 8.79. The van der Waals surface area contributed by atoms with Gasteiger partial charge in [-0.1, -0.05) is 32.0 Å². The van der Waals surface area contributed by atoms with E-state index in [1.54, 1.807) is 0 Å². The van der Waals surface area contributed by atoms with Crippen LogP contribution in [0, 0.1) is 0 Å². The first-order valence-electron chi connectivity index (χ1n) is 10.4. The summed E-state index contributed by atoms with van der Waals surface area (Å²) in [6, 6.07) is 16.7. The van der Waals surface area contributed by atoms with Gasteiger partial charge < -0.3 is 4.90 Å². The Morgan fingerprint density at radius 2 is 1.70 bits per heavy atom. The van der Waals surface area contributed by atoms with Gasteiger partial charge in [0.15, 0.2) is 0 Å². The maximum atomic E-state index is 4.63. The number of aromatic nitrogens is 4. The van der Waals surface area contributed by atoms with Gasteiger partial charge in [0.2, 0.25) is 0 Å². The number of para-hydroxylation sites is 1. The molecule has 0 amide bonds. The smallest absolute Gasteiger partial charge is 0.129 e. The van der Waals surface area contributed by atoms with Crippen LogP contribution >= 0.6 is 0 Å². The van der Waals surface area contributed by atoms with E-state index in [0.29, 0.717) is 5.92 Å². The van der Waals surface area contributed by atoms with Crippen LogP contribution < -0.4 is 4.90 Å². The van der Waals surface area contributed by atoms with E-state index in [4.69, 9.17) is 0 Å². The molecule has 1 saturated heterocycles. The van der Waals surface area contributed by atoms with Gasteiger partial charge >= 0.3 is 0 Å². The molecular weight excluding hydrogens is 409 g/mol. The number of benzene rings is 1. The Balaban J connectivity index is 0.000000830. The summed E-state index contributed by atoms with van der Waals surface area (Å²) in [6.07, 6.45) is 7.95. The van der Waals surface area contributed by atoms with Crippen molar-refractivity contribution in [1.82, 2.24) is 20.2 Å². The van der Waals surface area contributed by atoms with Gasteiger partial charge in [-0.3, -0.25) is 10.1 Å². The number of anilines is 1. The van der Waals surface area contributed by atoms with Crippen LogP contribution in [0.4, 0.5) is 5.82 Å². The molecule has 1 radical (unpaired) electrons. The second-order valence-electron chi connectivity index (χ2n) is 7.06.